The maximum absolute atomic E-state index is 12.9. The Kier molecular flexibility index (Phi) is 5.46. The SMILES string of the molecule is CCCN(Cc1nc2cc(Cl)ccc2c(=O)[nH]1)C(=O)c1cccc(C)c1O. The summed E-state index contributed by atoms with van der Waals surface area (Å²) in [7, 11) is 0. The number of phenolic OH excluding ortho intramolecular Hbond substituents is 1. The summed E-state index contributed by atoms with van der Waals surface area (Å²) in [5, 5.41) is 11.2. The fourth-order valence-corrected chi connectivity index (χ4v) is 3.11. The van der Waals surface area contributed by atoms with Gasteiger partial charge in [0.1, 0.15) is 11.6 Å². The molecule has 0 atom stereocenters. The van der Waals surface area contributed by atoms with Gasteiger partial charge in [0.2, 0.25) is 0 Å². The van der Waals surface area contributed by atoms with Crippen LogP contribution < -0.4 is 5.56 Å². The van der Waals surface area contributed by atoms with Crippen LogP contribution in [-0.4, -0.2) is 32.4 Å². The van der Waals surface area contributed by atoms with E-state index in [-0.39, 0.29) is 29.3 Å². The number of hydrogen-bond acceptors (Lipinski definition) is 4. The number of halogens is 1. The highest BCUT2D eigenvalue weighted by molar-refractivity contribution is 6.31. The van der Waals surface area contributed by atoms with E-state index in [0.29, 0.717) is 33.9 Å². The molecule has 0 unspecified atom stereocenters. The summed E-state index contributed by atoms with van der Waals surface area (Å²) >= 11 is 6.00. The largest absolute Gasteiger partial charge is 0.507 e. The second-order valence-electron chi connectivity index (χ2n) is 6.37. The highest BCUT2D eigenvalue weighted by Crippen LogP contribution is 2.23. The highest BCUT2D eigenvalue weighted by atomic mass is 35.5. The molecule has 0 aliphatic heterocycles. The van der Waals surface area contributed by atoms with Crippen molar-refractivity contribution in [1.29, 1.82) is 0 Å². The summed E-state index contributed by atoms with van der Waals surface area (Å²) in [5.41, 5.74) is 1.05. The van der Waals surface area contributed by atoms with Gasteiger partial charge in [-0.2, -0.15) is 0 Å². The molecular weight excluding hydrogens is 366 g/mol. The van der Waals surface area contributed by atoms with Gasteiger partial charge in [-0.05, 0) is 43.2 Å². The van der Waals surface area contributed by atoms with Gasteiger partial charge < -0.3 is 15.0 Å². The van der Waals surface area contributed by atoms with Crippen LogP contribution in [0.3, 0.4) is 0 Å². The van der Waals surface area contributed by atoms with E-state index in [2.05, 4.69) is 9.97 Å². The molecule has 0 aliphatic rings. The van der Waals surface area contributed by atoms with Crippen molar-refractivity contribution in [3.05, 3.63) is 68.7 Å². The lowest BCUT2D eigenvalue weighted by molar-refractivity contribution is 0.0735. The van der Waals surface area contributed by atoms with E-state index in [1.54, 1.807) is 48.2 Å². The summed E-state index contributed by atoms with van der Waals surface area (Å²) in [6.45, 7) is 4.27. The third-order valence-electron chi connectivity index (χ3n) is 4.31. The zero-order valence-electron chi connectivity index (χ0n) is 15.1. The number of aromatic nitrogens is 2. The van der Waals surface area contributed by atoms with Crippen molar-refractivity contribution in [3.8, 4) is 5.75 Å². The summed E-state index contributed by atoms with van der Waals surface area (Å²) in [6, 6.07) is 9.92. The molecule has 1 aromatic heterocycles. The molecule has 0 spiro atoms. The van der Waals surface area contributed by atoms with Gasteiger partial charge >= 0.3 is 0 Å². The van der Waals surface area contributed by atoms with Crippen LogP contribution >= 0.6 is 11.6 Å². The second kappa shape index (κ2) is 7.80. The number of amides is 1. The molecule has 140 valence electrons. The molecule has 0 aliphatic carbocycles. The first kappa shape index (κ1) is 18.9. The molecule has 7 heteroatoms. The minimum Gasteiger partial charge on any atom is -0.507 e. The average molecular weight is 386 g/mol. The number of phenols is 1. The Morgan fingerprint density at radius 1 is 1.30 bits per heavy atom. The minimum absolute atomic E-state index is 0.0321. The van der Waals surface area contributed by atoms with Gasteiger partial charge in [-0.15, -0.1) is 0 Å². The van der Waals surface area contributed by atoms with E-state index in [9.17, 15) is 14.7 Å². The Bertz CT molecular complexity index is 1060. The highest BCUT2D eigenvalue weighted by Gasteiger charge is 2.20. The standard InChI is InChI=1S/C20H20ClN3O3/c1-3-9-24(20(27)15-6-4-5-12(2)18(15)25)11-17-22-16-10-13(21)7-8-14(16)19(26)23-17/h4-8,10,25H,3,9,11H2,1-2H3,(H,22,23,26). The van der Waals surface area contributed by atoms with E-state index in [1.165, 1.54) is 0 Å². The Hall–Kier alpha value is -2.86. The fraction of sp³-hybridized carbons (Fsp3) is 0.250. The average Bonchev–Trinajstić information content (AvgIpc) is 2.62. The van der Waals surface area contributed by atoms with Gasteiger partial charge in [0.25, 0.3) is 11.5 Å². The van der Waals surface area contributed by atoms with Crippen molar-refractivity contribution in [3.63, 3.8) is 0 Å². The molecule has 1 heterocycles. The molecule has 0 saturated carbocycles. The molecule has 2 aromatic carbocycles. The Balaban J connectivity index is 1.97. The summed E-state index contributed by atoms with van der Waals surface area (Å²) < 4.78 is 0. The summed E-state index contributed by atoms with van der Waals surface area (Å²) in [5.74, 6) is 0.0194. The first-order valence-corrected chi connectivity index (χ1v) is 9.04. The molecule has 0 fully saturated rings. The predicted octanol–water partition coefficient (Wildman–Crippen LogP) is 3.64. The number of rotatable bonds is 5. The maximum atomic E-state index is 12.9. The summed E-state index contributed by atoms with van der Waals surface area (Å²) in [6.07, 6.45) is 0.724. The van der Waals surface area contributed by atoms with Crippen LogP contribution in [0.2, 0.25) is 5.02 Å². The Morgan fingerprint density at radius 3 is 2.81 bits per heavy atom. The van der Waals surface area contributed by atoms with E-state index >= 15 is 0 Å². The van der Waals surface area contributed by atoms with Gasteiger partial charge in [-0.3, -0.25) is 9.59 Å². The van der Waals surface area contributed by atoms with Gasteiger partial charge in [-0.25, -0.2) is 4.98 Å². The number of carbonyl (C=O) groups is 1. The van der Waals surface area contributed by atoms with E-state index in [4.69, 9.17) is 11.6 Å². The second-order valence-corrected chi connectivity index (χ2v) is 6.81. The maximum Gasteiger partial charge on any atom is 0.258 e. The van der Waals surface area contributed by atoms with Crippen molar-refractivity contribution >= 4 is 28.4 Å². The Morgan fingerprint density at radius 2 is 2.07 bits per heavy atom. The monoisotopic (exact) mass is 385 g/mol. The number of fused-ring (bicyclic) bond motifs is 1. The van der Waals surface area contributed by atoms with Gasteiger partial charge in [0.05, 0.1) is 23.0 Å². The van der Waals surface area contributed by atoms with E-state index in [0.717, 1.165) is 6.42 Å². The molecule has 3 aromatic rings. The van der Waals surface area contributed by atoms with Gasteiger partial charge in [0.15, 0.2) is 0 Å². The fourth-order valence-electron chi connectivity index (χ4n) is 2.94. The third kappa shape index (κ3) is 3.95. The number of carbonyl (C=O) groups excluding carboxylic acids is 1. The molecular formula is C20H20ClN3O3. The topological polar surface area (TPSA) is 86.3 Å². The molecule has 0 saturated heterocycles. The molecule has 2 N–H and O–H groups in total. The van der Waals surface area contributed by atoms with Crippen molar-refractivity contribution in [2.75, 3.05) is 6.54 Å². The zero-order valence-corrected chi connectivity index (χ0v) is 15.9. The smallest absolute Gasteiger partial charge is 0.258 e. The van der Waals surface area contributed by atoms with E-state index in [1.807, 2.05) is 6.92 Å². The number of aromatic hydroxyl groups is 1. The molecule has 6 nitrogen and oxygen atoms in total. The van der Waals surface area contributed by atoms with Gasteiger partial charge in [-0.1, -0.05) is 30.7 Å². The first-order valence-electron chi connectivity index (χ1n) is 8.67. The van der Waals surface area contributed by atoms with Crippen LogP contribution in [0.4, 0.5) is 0 Å². The third-order valence-corrected chi connectivity index (χ3v) is 4.54. The molecule has 27 heavy (non-hydrogen) atoms. The summed E-state index contributed by atoms with van der Waals surface area (Å²) in [4.78, 5) is 34.0. The number of benzene rings is 2. The van der Waals surface area contributed by atoms with Gasteiger partial charge in [0, 0.05) is 11.6 Å². The van der Waals surface area contributed by atoms with Crippen LogP contribution in [0.1, 0.15) is 35.1 Å². The molecule has 0 radical (unpaired) electrons. The lowest BCUT2D eigenvalue weighted by Gasteiger charge is -2.22. The van der Waals surface area contributed by atoms with Crippen LogP contribution in [0, 0.1) is 6.92 Å². The van der Waals surface area contributed by atoms with Crippen molar-refractivity contribution in [2.24, 2.45) is 0 Å². The molecule has 1 amide bonds. The minimum atomic E-state index is -0.313. The Labute approximate surface area is 161 Å². The van der Waals surface area contributed by atoms with Crippen LogP contribution in [0.15, 0.2) is 41.2 Å². The van der Waals surface area contributed by atoms with Crippen molar-refractivity contribution in [2.45, 2.75) is 26.8 Å². The number of aromatic amines is 1. The first-order chi connectivity index (χ1) is 12.9. The van der Waals surface area contributed by atoms with Crippen LogP contribution in [-0.2, 0) is 6.54 Å². The lowest BCUT2D eigenvalue weighted by Crippen LogP contribution is -2.33. The van der Waals surface area contributed by atoms with Crippen molar-refractivity contribution < 1.29 is 9.90 Å². The molecule has 0 bridgehead atoms. The predicted molar refractivity (Wildman–Crippen MR) is 105 cm³/mol. The number of aryl methyl sites for hydroxylation is 1. The van der Waals surface area contributed by atoms with Crippen molar-refractivity contribution in [1.82, 2.24) is 14.9 Å². The quantitative estimate of drug-likeness (QED) is 0.702. The number of H-pyrrole nitrogens is 1. The normalized spacial score (nSPS) is 10.9. The number of nitrogens with zero attached hydrogens (tertiary/aromatic N) is 2. The zero-order chi connectivity index (χ0) is 19.6. The number of para-hydroxylation sites is 1. The van der Waals surface area contributed by atoms with Crippen LogP contribution in [0.5, 0.6) is 5.75 Å². The molecule has 3 rings (SSSR count). The number of nitrogens with one attached hydrogen (secondary N) is 1. The number of hydrogen-bond donors (Lipinski definition) is 2. The van der Waals surface area contributed by atoms with E-state index < -0.39 is 0 Å². The lowest BCUT2D eigenvalue weighted by atomic mass is 10.1. The van der Waals surface area contributed by atoms with Crippen LogP contribution in [0.25, 0.3) is 10.9 Å².